The monoisotopic (exact) mass is 518 g/mol. The van der Waals surface area contributed by atoms with Gasteiger partial charge in [-0.2, -0.15) is 15.2 Å². The number of anilines is 1. The van der Waals surface area contributed by atoms with Crippen LogP contribution in [0.3, 0.4) is 0 Å². The third-order valence-corrected chi connectivity index (χ3v) is 6.45. The molecule has 36 heavy (non-hydrogen) atoms. The molecule has 3 heterocycles. The number of ether oxygens (including phenoxy) is 2. The lowest BCUT2D eigenvalue weighted by atomic mass is 9.93. The number of imidazole rings is 1. The van der Waals surface area contributed by atoms with E-state index in [1.807, 2.05) is 6.07 Å². The van der Waals surface area contributed by atoms with Crippen molar-refractivity contribution in [3.63, 3.8) is 0 Å². The minimum absolute atomic E-state index is 0.0327. The molecule has 3 aromatic rings. The van der Waals surface area contributed by atoms with Gasteiger partial charge in [-0.1, -0.05) is 12.1 Å². The number of benzene rings is 1. The highest BCUT2D eigenvalue weighted by Crippen LogP contribution is 2.58. The largest absolute Gasteiger partial charge is 0.479 e. The van der Waals surface area contributed by atoms with Gasteiger partial charge < -0.3 is 30.5 Å². The summed E-state index contributed by atoms with van der Waals surface area (Å²) in [4.78, 5) is 35.9. The maximum Gasteiger partial charge on any atom is 0.348 e. The number of halogens is 2. The van der Waals surface area contributed by atoms with E-state index in [-0.39, 0.29) is 33.4 Å². The first-order valence-electron chi connectivity index (χ1n) is 10.3. The molecule has 13 nitrogen and oxygen atoms in total. The molecule has 0 spiro atoms. The van der Waals surface area contributed by atoms with Gasteiger partial charge >= 0.3 is 11.9 Å². The first-order valence-corrected chi connectivity index (χ1v) is 10.7. The summed E-state index contributed by atoms with van der Waals surface area (Å²) in [7, 11) is 0. The average molecular weight is 519 g/mol. The zero-order valence-corrected chi connectivity index (χ0v) is 18.7. The summed E-state index contributed by atoms with van der Waals surface area (Å²) in [6, 6.07) is 7.49. The number of aliphatic hydroxyl groups is 1. The molecular formula is C21H16ClFN6O7. The summed E-state index contributed by atoms with van der Waals surface area (Å²) in [6.07, 6.45) is -6.21. The summed E-state index contributed by atoms with van der Waals surface area (Å²) in [6.45, 7) is 0. The maximum atomic E-state index is 15.5. The van der Waals surface area contributed by atoms with Gasteiger partial charge in [-0.25, -0.2) is 19.0 Å². The number of carbonyl (C=O) groups is 2. The number of nitriles is 1. The minimum atomic E-state index is -2.89. The quantitative estimate of drug-likeness (QED) is 0.248. The van der Waals surface area contributed by atoms with Crippen LogP contribution in [0.5, 0.6) is 0 Å². The topological polar surface area (TPSA) is 207 Å². The molecule has 0 radical (unpaired) electrons. The van der Waals surface area contributed by atoms with Gasteiger partial charge in [0.1, 0.15) is 17.7 Å². The first-order chi connectivity index (χ1) is 17.0. The van der Waals surface area contributed by atoms with E-state index in [9.17, 15) is 24.9 Å². The van der Waals surface area contributed by atoms with Crippen molar-refractivity contribution in [2.45, 2.75) is 42.2 Å². The van der Waals surface area contributed by atoms with Crippen LogP contribution in [0.4, 0.5) is 10.2 Å². The first kappa shape index (κ1) is 23.8. The molecule has 2 aromatic heterocycles. The Morgan fingerprint density at radius 1 is 1.36 bits per heavy atom. The number of fused-ring (bicyclic) bond motifs is 2. The molecule has 0 amide bonds. The maximum absolute atomic E-state index is 15.5. The molecule has 1 aromatic carbocycles. The van der Waals surface area contributed by atoms with E-state index in [2.05, 4.69) is 15.0 Å². The molecule has 5 rings (SSSR count). The van der Waals surface area contributed by atoms with E-state index in [1.54, 1.807) is 0 Å². The van der Waals surface area contributed by atoms with Gasteiger partial charge in [0.05, 0.1) is 18.0 Å². The predicted molar refractivity (Wildman–Crippen MR) is 116 cm³/mol. The number of nitrogens with two attached hydrogens (primary N) is 1. The van der Waals surface area contributed by atoms with E-state index >= 15 is 4.39 Å². The Labute approximate surface area is 205 Å². The van der Waals surface area contributed by atoms with Gasteiger partial charge in [0, 0.05) is 6.42 Å². The van der Waals surface area contributed by atoms with Gasteiger partial charge in [0.15, 0.2) is 29.5 Å². The van der Waals surface area contributed by atoms with Crippen LogP contribution in [0.2, 0.25) is 5.28 Å². The van der Waals surface area contributed by atoms with Crippen molar-refractivity contribution in [1.29, 1.82) is 5.26 Å². The lowest BCUT2D eigenvalue weighted by Gasteiger charge is -2.28. The van der Waals surface area contributed by atoms with E-state index in [4.69, 9.17) is 32.1 Å². The van der Waals surface area contributed by atoms with Crippen LogP contribution < -0.4 is 5.73 Å². The van der Waals surface area contributed by atoms with Crippen molar-refractivity contribution < 1.29 is 38.8 Å². The minimum Gasteiger partial charge on any atom is -0.479 e. The smallest absolute Gasteiger partial charge is 0.348 e. The highest BCUT2D eigenvalue weighted by molar-refractivity contribution is 6.28. The summed E-state index contributed by atoms with van der Waals surface area (Å²) in [5.41, 5.74) is 0.998. The summed E-state index contributed by atoms with van der Waals surface area (Å²) >= 11 is 5.83. The van der Waals surface area contributed by atoms with Crippen LogP contribution in [-0.2, 0) is 25.5 Å². The molecule has 1 aliphatic carbocycles. The lowest BCUT2D eigenvalue weighted by Crippen LogP contribution is -2.53. The molecule has 1 saturated heterocycles. The number of nitrogen functional groups attached to an aromatic ring is 1. The summed E-state index contributed by atoms with van der Waals surface area (Å²) in [5, 5.41) is 39.4. The van der Waals surface area contributed by atoms with Crippen LogP contribution in [0.15, 0.2) is 30.6 Å². The number of carboxylic acid groups (broad SMARTS) is 2. The Hall–Kier alpha value is -3.90. The van der Waals surface area contributed by atoms with E-state index in [0.717, 1.165) is 10.9 Å². The molecule has 15 heteroatoms. The fraction of sp³-hybridized carbons (Fsp3) is 0.333. The Morgan fingerprint density at radius 3 is 2.69 bits per heavy atom. The second-order valence-corrected chi connectivity index (χ2v) is 8.74. The zero-order valence-electron chi connectivity index (χ0n) is 17.9. The molecule has 0 bridgehead atoms. The van der Waals surface area contributed by atoms with E-state index < -0.39 is 54.2 Å². The van der Waals surface area contributed by atoms with Gasteiger partial charge in [0.2, 0.25) is 5.28 Å². The Kier molecular flexibility index (Phi) is 5.34. The van der Waals surface area contributed by atoms with Crippen molar-refractivity contribution in [2.75, 3.05) is 5.73 Å². The summed E-state index contributed by atoms with van der Waals surface area (Å²) < 4.78 is 27.6. The fourth-order valence-electron chi connectivity index (χ4n) is 4.37. The second kappa shape index (κ2) is 8.07. The van der Waals surface area contributed by atoms with Crippen LogP contribution in [0.25, 0.3) is 11.2 Å². The predicted octanol–water partition coefficient (Wildman–Crippen LogP) is 0.450. The van der Waals surface area contributed by atoms with Gasteiger partial charge in [-0.05, 0) is 29.3 Å². The van der Waals surface area contributed by atoms with Crippen LogP contribution in [-0.4, -0.2) is 76.4 Å². The molecule has 1 saturated carbocycles. The fourth-order valence-corrected chi connectivity index (χ4v) is 4.54. The van der Waals surface area contributed by atoms with Gasteiger partial charge in [-0.15, -0.1) is 0 Å². The van der Waals surface area contributed by atoms with Crippen molar-refractivity contribution in [1.82, 2.24) is 19.5 Å². The van der Waals surface area contributed by atoms with Crippen molar-refractivity contribution in [2.24, 2.45) is 0 Å². The molecule has 5 atom stereocenters. The SMILES string of the molecule is N#Cc1cccc(CC(OC2[C@H]3O[C@@H](n4cnc5c(N)nc(Cl)nc54)[C@@H](F)[C@@]23O)(C(=O)O)C(=O)O)c1. The number of carboxylic acids is 2. The Morgan fingerprint density at radius 2 is 2.08 bits per heavy atom. The second-order valence-electron chi connectivity index (χ2n) is 8.40. The normalized spacial score (nSPS) is 26.9. The van der Waals surface area contributed by atoms with Gasteiger partial charge in [-0.3, -0.25) is 4.57 Å². The molecule has 1 aliphatic heterocycles. The molecule has 2 fully saturated rings. The van der Waals surface area contributed by atoms with Crippen molar-refractivity contribution in [3.05, 3.63) is 47.0 Å². The number of nitrogens with zero attached hydrogens (tertiary/aromatic N) is 5. The number of aromatic nitrogens is 4. The molecule has 2 aliphatic rings. The Balaban J connectivity index is 1.43. The lowest BCUT2D eigenvalue weighted by molar-refractivity contribution is -0.194. The van der Waals surface area contributed by atoms with Crippen molar-refractivity contribution in [3.8, 4) is 6.07 Å². The van der Waals surface area contributed by atoms with Crippen molar-refractivity contribution >= 4 is 40.5 Å². The Bertz CT molecular complexity index is 1450. The number of aliphatic carboxylic acids is 2. The molecular weight excluding hydrogens is 503 g/mol. The van der Waals surface area contributed by atoms with E-state index in [0.29, 0.717) is 0 Å². The average Bonchev–Trinajstić information content (AvgIpc) is 3.08. The third kappa shape index (κ3) is 3.36. The van der Waals surface area contributed by atoms with Crippen LogP contribution in [0, 0.1) is 11.3 Å². The third-order valence-electron chi connectivity index (χ3n) is 6.28. The number of hydrogen-bond acceptors (Lipinski definition) is 10. The molecule has 1 unspecified atom stereocenters. The molecule has 186 valence electrons. The van der Waals surface area contributed by atoms with E-state index in [1.165, 1.54) is 24.3 Å². The number of rotatable bonds is 7. The zero-order chi connectivity index (χ0) is 26.0. The number of alkyl halides is 1. The highest BCUT2D eigenvalue weighted by Gasteiger charge is 2.80. The van der Waals surface area contributed by atoms with Crippen LogP contribution >= 0.6 is 11.6 Å². The highest BCUT2D eigenvalue weighted by atomic mass is 35.5. The number of hydrogen-bond donors (Lipinski definition) is 4. The molecule has 5 N–H and O–H groups in total. The van der Waals surface area contributed by atoms with Crippen LogP contribution in [0.1, 0.15) is 17.4 Å². The summed E-state index contributed by atoms with van der Waals surface area (Å²) in [5.74, 6) is -3.81. The van der Waals surface area contributed by atoms with Gasteiger partial charge in [0.25, 0.3) is 5.60 Å². The standard InChI is InChI=1S/C21H16ClFN6O7/c22-19-27-14(25)10-15(28-19)29(7-26-10)16-11(23)21(34)12(35-16)13(21)36-20(17(30)31,18(32)33)5-8-2-1-3-9(4-8)6-24/h1-4,7,11-13,16,34H,5H2,(H,30,31)(H,32,33)(H2,25,27,28)/t11-,12-,13?,16-,21+/m1/s1.